The van der Waals surface area contributed by atoms with Crippen LogP contribution >= 0.6 is 11.8 Å². The molecule has 4 nitrogen and oxygen atoms in total. The van der Waals surface area contributed by atoms with Crippen LogP contribution in [-0.2, 0) is 5.75 Å². The van der Waals surface area contributed by atoms with Crippen molar-refractivity contribution < 1.29 is 4.52 Å². The first-order valence-corrected chi connectivity index (χ1v) is 7.64. The second-order valence-corrected chi connectivity index (χ2v) is 6.11. The van der Waals surface area contributed by atoms with Crippen molar-refractivity contribution in [3.05, 3.63) is 35.2 Å². The van der Waals surface area contributed by atoms with Crippen molar-refractivity contribution in [2.75, 3.05) is 0 Å². The molecule has 0 bridgehead atoms. The number of hydrogen-bond acceptors (Lipinski definition) is 5. The lowest BCUT2D eigenvalue weighted by Crippen LogP contribution is -1.94. The molecule has 0 N–H and O–H groups in total. The summed E-state index contributed by atoms with van der Waals surface area (Å²) in [5.41, 5.74) is 2.49. The van der Waals surface area contributed by atoms with E-state index in [1.807, 2.05) is 30.8 Å². The fourth-order valence-corrected chi connectivity index (χ4v) is 2.52. The zero-order valence-electron chi connectivity index (χ0n) is 11.9. The van der Waals surface area contributed by atoms with Crippen molar-refractivity contribution >= 4 is 11.8 Å². The normalized spacial score (nSPS) is 12.1. The first-order chi connectivity index (χ1) is 9.63. The van der Waals surface area contributed by atoms with Gasteiger partial charge in [-0.15, -0.1) is 0 Å². The molecule has 0 spiro atoms. The lowest BCUT2D eigenvalue weighted by Gasteiger charge is -2.04. The molecular formula is C15H17N3OS. The summed E-state index contributed by atoms with van der Waals surface area (Å²) in [6, 6.07) is 7.57. The van der Waals surface area contributed by atoms with Gasteiger partial charge in [-0.1, -0.05) is 19.0 Å². The fourth-order valence-electron chi connectivity index (χ4n) is 1.73. The highest BCUT2D eigenvalue weighted by Gasteiger charge is 2.12. The standard InChI is InChI=1S/C15H17N3OS/c1-4-11(3)20-9-14-17-15(19-18-14)13-6-5-12(8-16)7-10(13)2/h5-7,11H,4,9H2,1-3H3. The van der Waals surface area contributed by atoms with Gasteiger partial charge in [0.2, 0.25) is 0 Å². The highest BCUT2D eigenvalue weighted by Crippen LogP contribution is 2.24. The Bertz CT molecular complexity index is 630. The Kier molecular flexibility index (Phi) is 4.80. The van der Waals surface area contributed by atoms with E-state index in [4.69, 9.17) is 9.78 Å². The maximum Gasteiger partial charge on any atom is 0.258 e. The van der Waals surface area contributed by atoms with Gasteiger partial charge in [0.25, 0.3) is 5.89 Å². The number of hydrogen-bond donors (Lipinski definition) is 0. The molecule has 2 aromatic rings. The maximum atomic E-state index is 8.87. The van der Waals surface area contributed by atoms with E-state index in [-0.39, 0.29) is 0 Å². The van der Waals surface area contributed by atoms with Gasteiger partial charge in [0, 0.05) is 10.8 Å². The van der Waals surface area contributed by atoms with Crippen molar-refractivity contribution in [2.45, 2.75) is 38.2 Å². The average molecular weight is 287 g/mol. The van der Waals surface area contributed by atoms with Crippen molar-refractivity contribution in [3.8, 4) is 17.5 Å². The Morgan fingerprint density at radius 3 is 2.90 bits per heavy atom. The zero-order chi connectivity index (χ0) is 14.5. The number of nitrogens with zero attached hydrogens (tertiary/aromatic N) is 3. The van der Waals surface area contributed by atoms with Crippen LogP contribution in [-0.4, -0.2) is 15.4 Å². The van der Waals surface area contributed by atoms with E-state index in [1.54, 1.807) is 6.07 Å². The van der Waals surface area contributed by atoms with E-state index in [0.29, 0.717) is 22.5 Å². The minimum Gasteiger partial charge on any atom is -0.334 e. The summed E-state index contributed by atoms with van der Waals surface area (Å²) in [6.07, 6.45) is 1.13. The molecule has 20 heavy (non-hydrogen) atoms. The minimum atomic E-state index is 0.520. The van der Waals surface area contributed by atoms with E-state index < -0.39 is 0 Å². The lowest BCUT2D eigenvalue weighted by atomic mass is 10.1. The van der Waals surface area contributed by atoms with Crippen LogP contribution in [0.15, 0.2) is 22.7 Å². The van der Waals surface area contributed by atoms with Crippen LogP contribution in [0.4, 0.5) is 0 Å². The molecular weight excluding hydrogens is 270 g/mol. The number of rotatable bonds is 5. The van der Waals surface area contributed by atoms with Crippen molar-refractivity contribution in [1.29, 1.82) is 5.26 Å². The Balaban J connectivity index is 2.15. The van der Waals surface area contributed by atoms with Crippen LogP contribution in [0.1, 0.15) is 37.2 Å². The molecule has 0 aliphatic heterocycles. The number of thioether (sulfide) groups is 1. The van der Waals surface area contributed by atoms with Gasteiger partial charge in [0.05, 0.1) is 17.4 Å². The summed E-state index contributed by atoms with van der Waals surface area (Å²) in [5, 5.41) is 13.5. The number of aromatic nitrogens is 2. The molecule has 0 saturated carbocycles. The van der Waals surface area contributed by atoms with Crippen LogP contribution in [0.5, 0.6) is 0 Å². The van der Waals surface area contributed by atoms with Crippen molar-refractivity contribution in [1.82, 2.24) is 10.1 Å². The smallest absolute Gasteiger partial charge is 0.258 e. The predicted molar refractivity (Wildman–Crippen MR) is 80.2 cm³/mol. The van der Waals surface area contributed by atoms with Crippen LogP contribution in [0.3, 0.4) is 0 Å². The molecule has 1 aromatic carbocycles. The third kappa shape index (κ3) is 3.40. The van der Waals surface area contributed by atoms with Crippen LogP contribution in [0.2, 0.25) is 0 Å². The maximum absolute atomic E-state index is 8.87. The van der Waals surface area contributed by atoms with Gasteiger partial charge in [0.15, 0.2) is 5.82 Å². The van der Waals surface area contributed by atoms with Gasteiger partial charge >= 0.3 is 0 Å². The van der Waals surface area contributed by atoms with Crippen LogP contribution < -0.4 is 0 Å². The summed E-state index contributed by atoms with van der Waals surface area (Å²) in [5.74, 6) is 1.99. The highest BCUT2D eigenvalue weighted by atomic mass is 32.2. The van der Waals surface area contributed by atoms with Gasteiger partial charge < -0.3 is 4.52 Å². The molecule has 1 aromatic heterocycles. The third-order valence-corrected chi connectivity index (χ3v) is 4.45. The van der Waals surface area contributed by atoms with E-state index >= 15 is 0 Å². The summed E-state index contributed by atoms with van der Waals surface area (Å²) >= 11 is 1.82. The Morgan fingerprint density at radius 1 is 1.45 bits per heavy atom. The number of benzene rings is 1. The monoisotopic (exact) mass is 287 g/mol. The topological polar surface area (TPSA) is 62.7 Å². The van der Waals surface area contributed by atoms with E-state index in [2.05, 4.69) is 30.1 Å². The summed E-state index contributed by atoms with van der Waals surface area (Å²) in [4.78, 5) is 4.42. The molecule has 1 unspecified atom stereocenters. The van der Waals surface area contributed by atoms with Crippen molar-refractivity contribution in [3.63, 3.8) is 0 Å². The Hall–Kier alpha value is -1.80. The minimum absolute atomic E-state index is 0.520. The predicted octanol–water partition coefficient (Wildman–Crippen LogP) is 3.95. The first kappa shape index (κ1) is 14.6. The molecule has 0 saturated heterocycles. The molecule has 5 heteroatoms. The Labute approximate surface area is 123 Å². The van der Waals surface area contributed by atoms with Gasteiger partial charge in [-0.2, -0.15) is 22.0 Å². The fraction of sp³-hybridized carbons (Fsp3) is 0.400. The molecule has 0 amide bonds. The molecule has 1 atom stereocenters. The lowest BCUT2D eigenvalue weighted by molar-refractivity contribution is 0.425. The molecule has 104 valence electrons. The molecule has 0 radical (unpaired) electrons. The van der Waals surface area contributed by atoms with Gasteiger partial charge in [-0.25, -0.2) is 0 Å². The van der Waals surface area contributed by atoms with Gasteiger partial charge in [-0.3, -0.25) is 0 Å². The largest absolute Gasteiger partial charge is 0.334 e. The van der Waals surface area contributed by atoms with Gasteiger partial charge in [-0.05, 0) is 37.1 Å². The molecule has 0 aliphatic rings. The van der Waals surface area contributed by atoms with Gasteiger partial charge in [0.1, 0.15) is 0 Å². The van der Waals surface area contributed by atoms with E-state index in [0.717, 1.165) is 23.3 Å². The second kappa shape index (κ2) is 6.58. The Morgan fingerprint density at radius 2 is 2.25 bits per heavy atom. The van der Waals surface area contributed by atoms with Crippen LogP contribution in [0.25, 0.3) is 11.5 Å². The SMILES string of the molecule is CCC(C)SCc1noc(-c2ccc(C#N)cc2C)n1. The molecule has 1 heterocycles. The first-order valence-electron chi connectivity index (χ1n) is 6.59. The molecule has 0 fully saturated rings. The summed E-state index contributed by atoms with van der Waals surface area (Å²) in [6.45, 7) is 6.30. The molecule has 0 aliphatic carbocycles. The van der Waals surface area contributed by atoms with Crippen molar-refractivity contribution in [2.24, 2.45) is 0 Å². The number of aryl methyl sites for hydroxylation is 1. The summed E-state index contributed by atoms with van der Waals surface area (Å²) in [7, 11) is 0. The number of nitriles is 1. The van der Waals surface area contributed by atoms with Crippen LogP contribution in [0, 0.1) is 18.3 Å². The molecule has 2 rings (SSSR count). The zero-order valence-corrected chi connectivity index (χ0v) is 12.7. The van der Waals surface area contributed by atoms with E-state index in [9.17, 15) is 0 Å². The quantitative estimate of drug-likeness (QED) is 0.833. The highest BCUT2D eigenvalue weighted by molar-refractivity contribution is 7.99. The third-order valence-electron chi connectivity index (χ3n) is 3.13. The second-order valence-electron chi connectivity index (χ2n) is 4.69. The summed E-state index contributed by atoms with van der Waals surface area (Å²) < 4.78 is 5.31. The average Bonchev–Trinajstić information content (AvgIpc) is 2.93. The van der Waals surface area contributed by atoms with E-state index in [1.165, 1.54) is 0 Å².